The van der Waals surface area contributed by atoms with E-state index in [0.717, 1.165) is 29.7 Å². The summed E-state index contributed by atoms with van der Waals surface area (Å²) < 4.78 is 5.21. The lowest BCUT2D eigenvalue weighted by atomic mass is 10.0. The number of fused-ring (bicyclic) bond motifs is 2. The number of hydrogen-bond donors (Lipinski definition) is 3. The van der Waals surface area contributed by atoms with Crippen LogP contribution in [0.25, 0.3) is 0 Å². The van der Waals surface area contributed by atoms with Crippen LogP contribution in [0, 0.1) is 5.92 Å². The number of likely N-dealkylation sites (tertiary alicyclic amines) is 1. The predicted molar refractivity (Wildman–Crippen MR) is 175 cm³/mol. The first-order chi connectivity index (χ1) is 23.5. The number of rotatable bonds is 10. The number of nitrogens with zero attached hydrogens (tertiary/aromatic N) is 2. The molecule has 3 N–H and O–H groups in total. The Kier molecular flexibility index (Phi) is 11.2. The molecule has 49 heavy (non-hydrogen) atoms. The summed E-state index contributed by atoms with van der Waals surface area (Å²) >= 11 is 0. The van der Waals surface area contributed by atoms with Gasteiger partial charge in [-0.25, -0.2) is 4.79 Å². The van der Waals surface area contributed by atoms with Crippen molar-refractivity contribution in [2.75, 3.05) is 6.61 Å². The highest BCUT2D eigenvalue weighted by molar-refractivity contribution is 6.23. The van der Waals surface area contributed by atoms with Gasteiger partial charge in [0.15, 0.2) is 0 Å². The Morgan fingerprint density at radius 1 is 0.959 bits per heavy atom. The maximum absolute atomic E-state index is 13.2. The highest BCUT2D eigenvalue weighted by Crippen LogP contribution is 2.41. The molecule has 13 nitrogen and oxygen atoms in total. The molecule has 0 bridgehead atoms. The topological polar surface area (TPSA) is 179 Å². The van der Waals surface area contributed by atoms with E-state index in [-0.39, 0.29) is 49.2 Å². The summed E-state index contributed by atoms with van der Waals surface area (Å²) in [6.45, 7) is 3.72. The van der Waals surface area contributed by atoms with Crippen molar-refractivity contribution in [3.05, 3.63) is 71.3 Å². The maximum Gasteiger partial charge on any atom is 0.326 e. The first-order valence-corrected chi connectivity index (χ1v) is 16.8. The Morgan fingerprint density at radius 3 is 2.22 bits per heavy atom. The van der Waals surface area contributed by atoms with E-state index < -0.39 is 47.9 Å². The minimum atomic E-state index is -0.948. The van der Waals surface area contributed by atoms with Crippen molar-refractivity contribution in [3.8, 4) is 0 Å². The molecule has 2 saturated heterocycles. The molecule has 1 aliphatic carbocycles. The van der Waals surface area contributed by atoms with Crippen molar-refractivity contribution in [3.63, 3.8) is 0 Å². The second-order valence-electron chi connectivity index (χ2n) is 12.8. The van der Waals surface area contributed by atoms with Crippen molar-refractivity contribution >= 4 is 41.5 Å². The molecule has 3 aliphatic heterocycles. The molecule has 6 rings (SSSR count). The molecule has 3 fully saturated rings. The highest BCUT2D eigenvalue weighted by atomic mass is 16.5. The van der Waals surface area contributed by atoms with Crippen LogP contribution in [0.4, 0.5) is 0 Å². The number of amides is 5. The average molecular weight is 675 g/mol. The van der Waals surface area contributed by atoms with E-state index in [0.29, 0.717) is 30.4 Å². The average Bonchev–Trinajstić information content (AvgIpc) is 3.76. The van der Waals surface area contributed by atoms with Gasteiger partial charge >= 0.3 is 11.9 Å². The number of imide groups is 2. The molecular weight excluding hydrogens is 632 g/mol. The molecule has 1 unspecified atom stereocenters. The minimum absolute atomic E-state index is 0.00629. The van der Waals surface area contributed by atoms with Crippen LogP contribution in [0.2, 0.25) is 0 Å². The van der Waals surface area contributed by atoms with Crippen LogP contribution in [0.3, 0.4) is 0 Å². The Balaban J connectivity index is 0.000000211. The van der Waals surface area contributed by atoms with Crippen LogP contribution in [-0.2, 0) is 35.1 Å². The predicted octanol–water partition coefficient (Wildman–Crippen LogP) is 2.47. The molecule has 5 amide bonds. The van der Waals surface area contributed by atoms with Gasteiger partial charge in [-0.2, -0.15) is 0 Å². The van der Waals surface area contributed by atoms with Crippen molar-refractivity contribution in [1.29, 1.82) is 0 Å². The number of aliphatic carboxylic acids is 1. The monoisotopic (exact) mass is 674 g/mol. The zero-order chi connectivity index (χ0) is 35.2. The van der Waals surface area contributed by atoms with Gasteiger partial charge < -0.3 is 14.7 Å². The second kappa shape index (κ2) is 15.5. The van der Waals surface area contributed by atoms with Gasteiger partial charge in [-0.1, -0.05) is 48.9 Å². The smallest absolute Gasteiger partial charge is 0.326 e. The standard InChI is InChI=1S/C23H32N2O5.C13H10N2O4/c1-3-30-23(29)18(13-12-16-8-5-4-6-9-16)24-15(2)21(26)25-19-11-7-10-17(19)14-20(25)22(27)28;16-10-6-5-9(11(17)14-10)15-12(18)7-3-1-2-4-8(7)13(15)19/h4-6,8-9,15,17-20,24H,3,7,10-14H2,1-2H3,(H,27,28);1-4,9H,5-6H2,(H,14,16,17)/t15-,17-,18-,19-,20-;/m0./s1. The van der Waals surface area contributed by atoms with Crippen LogP contribution in [-0.4, -0.2) is 93.2 Å². The molecule has 260 valence electrons. The van der Waals surface area contributed by atoms with Gasteiger partial charge in [0.05, 0.1) is 23.8 Å². The van der Waals surface area contributed by atoms with Crippen molar-refractivity contribution in [2.45, 2.75) is 95.4 Å². The van der Waals surface area contributed by atoms with Crippen LogP contribution in [0.1, 0.15) is 85.1 Å². The fourth-order valence-electron chi connectivity index (χ4n) is 7.31. The van der Waals surface area contributed by atoms with E-state index in [1.54, 1.807) is 43.0 Å². The van der Waals surface area contributed by atoms with Gasteiger partial charge in [-0.05, 0) is 76.0 Å². The summed E-state index contributed by atoms with van der Waals surface area (Å²) in [5.41, 5.74) is 1.71. The number of carbonyl (C=O) groups is 7. The molecular formula is C36H42N4O9. The highest BCUT2D eigenvalue weighted by Gasteiger charge is 2.50. The summed E-state index contributed by atoms with van der Waals surface area (Å²) in [4.78, 5) is 87.2. The lowest BCUT2D eigenvalue weighted by molar-refractivity contribution is -0.151. The van der Waals surface area contributed by atoms with Gasteiger partial charge in [0.2, 0.25) is 17.7 Å². The van der Waals surface area contributed by atoms with E-state index in [2.05, 4.69) is 10.6 Å². The largest absolute Gasteiger partial charge is 0.480 e. The van der Waals surface area contributed by atoms with Gasteiger partial charge in [0.25, 0.3) is 11.8 Å². The quantitative estimate of drug-likeness (QED) is 0.250. The summed E-state index contributed by atoms with van der Waals surface area (Å²) in [6.07, 6.45) is 4.84. The Labute approximate surface area is 284 Å². The molecule has 6 atom stereocenters. The van der Waals surface area contributed by atoms with Crippen LogP contribution < -0.4 is 10.6 Å². The molecule has 0 spiro atoms. The number of piperidine rings is 1. The van der Waals surface area contributed by atoms with Crippen molar-refractivity contribution < 1.29 is 43.4 Å². The molecule has 3 heterocycles. The van der Waals surface area contributed by atoms with Gasteiger partial charge in [0, 0.05) is 12.5 Å². The van der Waals surface area contributed by atoms with Crippen LogP contribution in [0.5, 0.6) is 0 Å². The number of carbonyl (C=O) groups excluding carboxylic acids is 6. The maximum atomic E-state index is 13.2. The number of carboxylic acid groups (broad SMARTS) is 1. The van der Waals surface area contributed by atoms with Gasteiger partial charge in [-0.3, -0.25) is 44.3 Å². The third-order valence-corrected chi connectivity index (χ3v) is 9.68. The molecule has 13 heteroatoms. The van der Waals surface area contributed by atoms with E-state index in [1.807, 2.05) is 30.3 Å². The Morgan fingerprint density at radius 2 is 1.61 bits per heavy atom. The number of carboxylic acids is 1. The Hall–Kier alpha value is -4.91. The number of aryl methyl sites for hydroxylation is 1. The minimum Gasteiger partial charge on any atom is -0.480 e. The molecule has 2 aromatic rings. The molecule has 4 aliphatic rings. The lowest BCUT2D eigenvalue weighted by Gasteiger charge is -2.31. The van der Waals surface area contributed by atoms with E-state index in [4.69, 9.17) is 4.74 Å². The van der Waals surface area contributed by atoms with Crippen LogP contribution >= 0.6 is 0 Å². The van der Waals surface area contributed by atoms with E-state index in [1.165, 1.54) is 0 Å². The van der Waals surface area contributed by atoms with Crippen molar-refractivity contribution in [2.24, 2.45) is 5.92 Å². The fourth-order valence-corrected chi connectivity index (χ4v) is 7.31. The van der Waals surface area contributed by atoms with Gasteiger partial charge in [-0.15, -0.1) is 0 Å². The summed E-state index contributed by atoms with van der Waals surface area (Å²) in [6, 6.07) is 13.3. The molecule has 2 aromatic carbocycles. The number of ether oxygens (including phenoxy) is 1. The van der Waals surface area contributed by atoms with Gasteiger partial charge in [0.1, 0.15) is 18.1 Å². The fraction of sp³-hybridized carbons (Fsp3) is 0.472. The lowest BCUT2D eigenvalue weighted by Crippen LogP contribution is -2.55. The zero-order valence-corrected chi connectivity index (χ0v) is 27.6. The number of esters is 1. The summed E-state index contributed by atoms with van der Waals surface area (Å²) in [5.74, 6) is -3.24. The normalized spacial score (nSPS) is 24.0. The first-order valence-electron chi connectivity index (χ1n) is 16.8. The number of benzene rings is 2. The zero-order valence-electron chi connectivity index (χ0n) is 27.6. The van der Waals surface area contributed by atoms with Crippen molar-refractivity contribution in [1.82, 2.24) is 20.4 Å². The SMILES string of the molecule is CCOC(=O)[C@H](CCc1ccccc1)N[C@@H](C)C(=O)N1[C@H](C(=O)O)C[C@@H]2CCC[C@@H]21.O=C1CCC(N2C(=O)c3ccccc3C2=O)C(=O)N1. The van der Waals surface area contributed by atoms with E-state index in [9.17, 15) is 38.7 Å². The third-order valence-electron chi connectivity index (χ3n) is 9.68. The second-order valence-corrected chi connectivity index (χ2v) is 12.8. The number of nitrogens with one attached hydrogen (secondary N) is 2. The molecule has 1 saturated carbocycles. The van der Waals surface area contributed by atoms with Crippen LogP contribution in [0.15, 0.2) is 54.6 Å². The number of hydrogen-bond acceptors (Lipinski definition) is 9. The van der Waals surface area contributed by atoms with E-state index >= 15 is 0 Å². The third kappa shape index (κ3) is 7.72. The molecule has 0 aromatic heterocycles. The first kappa shape index (κ1) is 35.4. The molecule has 0 radical (unpaired) electrons. The summed E-state index contributed by atoms with van der Waals surface area (Å²) in [5, 5.41) is 14.9. The Bertz CT molecular complexity index is 1580. The summed E-state index contributed by atoms with van der Waals surface area (Å²) in [7, 11) is 0.